The normalized spacial score (nSPS) is 19.3. The molecule has 3 aromatic rings. The lowest BCUT2D eigenvalue weighted by Crippen LogP contribution is -2.31. The lowest BCUT2D eigenvalue weighted by atomic mass is 9.88. The maximum Gasteiger partial charge on any atom is 0.409 e. The largest absolute Gasteiger partial charge is 0.481 e. The molecule has 0 spiro atoms. The van der Waals surface area contributed by atoms with Crippen LogP contribution < -0.4 is 0 Å². The van der Waals surface area contributed by atoms with Crippen molar-refractivity contribution in [3.63, 3.8) is 0 Å². The van der Waals surface area contributed by atoms with Gasteiger partial charge in [-0.3, -0.25) is 4.79 Å². The Bertz CT molecular complexity index is 1170. The Morgan fingerprint density at radius 1 is 1.00 bits per heavy atom. The van der Waals surface area contributed by atoms with Gasteiger partial charge < -0.3 is 14.7 Å². The first-order chi connectivity index (χ1) is 15.9. The van der Waals surface area contributed by atoms with E-state index in [9.17, 15) is 19.1 Å². The van der Waals surface area contributed by atoms with Crippen LogP contribution in [0.4, 0.5) is 9.18 Å². The molecule has 1 amide bonds. The molecule has 5 nitrogen and oxygen atoms in total. The number of aliphatic carboxylic acids is 1. The van der Waals surface area contributed by atoms with E-state index in [-0.39, 0.29) is 25.6 Å². The van der Waals surface area contributed by atoms with E-state index in [1.807, 2.05) is 36.4 Å². The second-order valence-electron chi connectivity index (χ2n) is 8.82. The highest BCUT2D eigenvalue weighted by atomic mass is 19.1. The summed E-state index contributed by atoms with van der Waals surface area (Å²) in [5.74, 6) is -2.78. The van der Waals surface area contributed by atoms with Gasteiger partial charge in [-0.05, 0) is 52.4 Å². The number of hydrogen-bond acceptors (Lipinski definition) is 3. The zero-order valence-corrected chi connectivity index (χ0v) is 18.2. The number of aryl methyl sites for hydroxylation is 1. The Kier molecular flexibility index (Phi) is 5.36. The van der Waals surface area contributed by atoms with Gasteiger partial charge in [-0.25, -0.2) is 9.18 Å². The summed E-state index contributed by atoms with van der Waals surface area (Å²) in [5, 5.41) is 9.73. The van der Waals surface area contributed by atoms with Crippen molar-refractivity contribution in [1.82, 2.24) is 4.90 Å². The second-order valence-corrected chi connectivity index (χ2v) is 8.82. The third kappa shape index (κ3) is 3.86. The minimum atomic E-state index is -1.00. The molecule has 2 unspecified atom stereocenters. The summed E-state index contributed by atoms with van der Waals surface area (Å²) in [5.41, 5.74) is 5.82. The van der Waals surface area contributed by atoms with Crippen LogP contribution in [0.2, 0.25) is 0 Å². The summed E-state index contributed by atoms with van der Waals surface area (Å²) in [6.45, 7) is 2.15. The fourth-order valence-corrected chi connectivity index (χ4v) is 5.20. The molecule has 6 heteroatoms. The maximum atomic E-state index is 13.9. The zero-order chi connectivity index (χ0) is 23.1. The highest BCUT2D eigenvalue weighted by Crippen LogP contribution is 2.44. The van der Waals surface area contributed by atoms with Crippen LogP contribution in [0.1, 0.15) is 34.1 Å². The molecule has 168 valence electrons. The molecule has 1 heterocycles. The Labute approximate surface area is 191 Å². The first-order valence-electron chi connectivity index (χ1n) is 11.0. The van der Waals surface area contributed by atoms with Crippen molar-refractivity contribution in [3.05, 3.63) is 94.8 Å². The maximum absolute atomic E-state index is 13.9. The number of carboxylic acid groups (broad SMARTS) is 1. The number of rotatable bonds is 4. The molecule has 33 heavy (non-hydrogen) atoms. The highest BCUT2D eigenvalue weighted by molar-refractivity contribution is 5.79. The van der Waals surface area contributed by atoms with Crippen LogP contribution in [0, 0.1) is 18.7 Å². The molecule has 0 saturated carbocycles. The fraction of sp³-hybridized carbons (Fsp3) is 0.259. The Morgan fingerprint density at radius 2 is 1.64 bits per heavy atom. The van der Waals surface area contributed by atoms with Crippen molar-refractivity contribution in [2.24, 2.45) is 5.92 Å². The molecular formula is C27H24FNO4. The number of carboxylic acids is 1. The third-order valence-corrected chi connectivity index (χ3v) is 6.72. The minimum absolute atomic E-state index is 0.0340. The van der Waals surface area contributed by atoms with Crippen LogP contribution in [-0.2, 0) is 9.53 Å². The van der Waals surface area contributed by atoms with E-state index < -0.39 is 29.7 Å². The number of carbonyl (C=O) groups is 2. The number of fused-ring (bicyclic) bond motifs is 3. The predicted molar refractivity (Wildman–Crippen MR) is 122 cm³/mol. The van der Waals surface area contributed by atoms with Crippen LogP contribution >= 0.6 is 0 Å². The first-order valence-corrected chi connectivity index (χ1v) is 11.0. The Hall–Kier alpha value is -3.67. The van der Waals surface area contributed by atoms with Gasteiger partial charge in [0.2, 0.25) is 0 Å². The summed E-state index contributed by atoms with van der Waals surface area (Å²) in [6.07, 6.45) is -0.543. The summed E-state index contributed by atoms with van der Waals surface area (Å²) < 4.78 is 19.7. The van der Waals surface area contributed by atoms with Crippen LogP contribution in [-0.4, -0.2) is 41.8 Å². The Morgan fingerprint density at radius 3 is 2.24 bits per heavy atom. The van der Waals surface area contributed by atoms with E-state index in [0.717, 1.165) is 22.3 Å². The van der Waals surface area contributed by atoms with Crippen molar-refractivity contribution in [1.29, 1.82) is 0 Å². The van der Waals surface area contributed by atoms with E-state index >= 15 is 0 Å². The topological polar surface area (TPSA) is 66.8 Å². The molecule has 0 aromatic heterocycles. The number of benzene rings is 3. The smallest absolute Gasteiger partial charge is 0.409 e. The zero-order valence-electron chi connectivity index (χ0n) is 18.2. The second kappa shape index (κ2) is 8.35. The van der Waals surface area contributed by atoms with E-state index in [2.05, 4.69) is 12.1 Å². The van der Waals surface area contributed by atoms with Crippen molar-refractivity contribution in [3.8, 4) is 11.1 Å². The number of carbonyl (C=O) groups excluding carboxylic acids is 1. The van der Waals surface area contributed by atoms with Gasteiger partial charge in [0.1, 0.15) is 12.4 Å². The molecule has 5 rings (SSSR count). The molecule has 1 N–H and O–H groups in total. The van der Waals surface area contributed by atoms with Gasteiger partial charge in [-0.1, -0.05) is 54.6 Å². The van der Waals surface area contributed by atoms with E-state index in [0.29, 0.717) is 11.1 Å². The van der Waals surface area contributed by atoms with Crippen molar-refractivity contribution < 1.29 is 23.8 Å². The van der Waals surface area contributed by atoms with Crippen molar-refractivity contribution >= 4 is 12.1 Å². The predicted octanol–water partition coefficient (Wildman–Crippen LogP) is 5.18. The van der Waals surface area contributed by atoms with Crippen LogP contribution in [0.15, 0.2) is 66.7 Å². The van der Waals surface area contributed by atoms with Crippen LogP contribution in [0.3, 0.4) is 0 Å². The van der Waals surface area contributed by atoms with Crippen molar-refractivity contribution in [2.75, 3.05) is 19.7 Å². The number of amides is 1. The van der Waals surface area contributed by atoms with Gasteiger partial charge in [0.05, 0.1) is 5.92 Å². The molecular weight excluding hydrogens is 421 g/mol. The number of nitrogens with zero attached hydrogens (tertiary/aromatic N) is 1. The number of hydrogen-bond donors (Lipinski definition) is 1. The van der Waals surface area contributed by atoms with E-state index in [4.69, 9.17) is 4.74 Å². The number of likely N-dealkylation sites (tertiary alicyclic amines) is 1. The summed E-state index contributed by atoms with van der Waals surface area (Å²) in [4.78, 5) is 26.3. The molecule has 0 radical (unpaired) electrons. The van der Waals surface area contributed by atoms with Gasteiger partial charge >= 0.3 is 12.1 Å². The Balaban J connectivity index is 1.33. The first kappa shape index (κ1) is 21.2. The third-order valence-electron chi connectivity index (χ3n) is 6.72. The standard InChI is InChI=1S/C27H24FNO4/c1-16-10-17(12-18(28)11-16)23-13-29(14-24(23)26(30)31)27(32)33-15-25-21-8-4-2-6-19(21)20-7-3-5-9-22(20)25/h2-12,23-25H,13-15H2,1H3,(H,30,31). The summed E-state index contributed by atoms with van der Waals surface area (Å²) in [7, 11) is 0. The molecule has 1 fully saturated rings. The number of ether oxygens (including phenoxy) is 1. The van der Waals surface area contributed by atoms with Gasteiger partial charge in [-0.2, -0.15) is 0 Å². The van der Waals surface area contributed by atoms with Crippen LogP contribution in [0.25, 0.3) is 11.1 Å². The monoisotopic (exact) mass is 445 g/mol. The average Bonchev–Trinajstić information content (AvgIpc) is 3.38. The summed E-state index contributed by atoms with van der Waals surface area (Å²) >= 11 is 0. The quantitative estimate of drug-likeness (QED) is 0.601. The molecule has 1 aliphatic carbocycles. The van der Waals surface area contributed by atoms with Crippen molar-refractivity contribution in [2.45, 2.75) is 18.8 Å². The summed E-state index contributed by atoms with van der Waals surface area (Å²) in [6, 6.07) is 20.7. The van der Waals surface area contributed by atoms with Gasteiger partial charge in [-0.15, -0.1) is 0 Å². The van der Waals surface area contributed by atoms with E-state index in [1.54, 1.807) is 13.0 Å². The van der Waals surface area contributed by atoms with Crippen LogP contribution in [0.5, 0.6) is 0 Å². The van der Waals surface area contributed by atoms with Gasteiger partial charge in [0.25, 0.3) is 0 Å². The lowest BCUT2D eigenvalue weighted by molar-refractivity contribution is -0.141. The molecule has 3 aromatic carbocycles. The molecule has 1 saturated heterocycles. The molecule has 1 aliphatic heterocycles. The number of halogens is 1. The molecule has 0 bridgehead atoms. The molecule has 2 aliphatic rings. The minimum Gasteiger partial charge on any atom is -0.481 e. The van der Waals surface area contributed by atoms with E-state index in [1.165, 1.54) is 17.0 Å². The average molecular weight is 445 g/mol. The fourth-order valence-electron chi connectivity index (χ4n) is 5.20. The molecule has 2 atom stereocenters. The SMILES string of the molecule is Cc1cc(F)cc(C2CN(C(=O)OCC3c4ccccc4-c4ccccc43)CC2C(=O)O)c1. The van der Waals surface area contributed by atoms with Gasteiger partial charge in [0.15, 0.2) is 0 Å². The highest BCUT2D eigenvalue weighted by Gasteiger charge is 2.41. The lowest BCUT2D eigenvalue weighted by Gasteiger charge is -2.19. The van der Waals surface area contributed by atoms with Gasteiger partial charge in [0, 0.05) is 24.9 Å².